The minimum absolute atomic E-state index is 0.386. The molecule has 138 valence electrons. The van der Waals surface area contributed by atoms with Crippen molar-refractivity contribution in [2.24, 2.45) is 4.99 Å². The highest BCUT2D eigenvalue weighted by Gasteiger charge is 2.24. The van der Waals surface area contributed by atoms with Crippen molar-refractivity contribution in [3.05, 3.63) is 91.0 Å². The van der Waals surface area contributed by atoms with E-state index in [1.54, 1.807) is 7.05 Å². The molecule has 0 saturated heterocycles. The van der Waals surface area contributed by atoms with Crippen LogP contribution in [0, 0.1) is 0 Å². The molecule has 0 atom stereocenters. The number of anilines is 3. The van der Waals surface area contributed by atoms with Crippen LogP contribution < -0.4 is 20.6 Å². The second kappa shape index (κ2) is 8.92. The van der Waals surface area contributed by atoms with Gasteiger partial charge in [-0.05, 0) is 36.4 Å². The van der Waals surface area contributed by atoms with Crippen LogP contribution in [0.3, 0.4) is 0 Å². The third-order valence-electron chi connectivity index (χ3n) is 3.64. The van der Waals surface area contributed by atoms with Crippen LogP contribution in [0.2, 0.25) is 0 Å². The molecule has 0 aliphatic rings. The first kappa shape index (κ1) is 18.5. The summed E-state index contributed by atoms with van der Waals surface area (Å²) in [6.07, 6.45) is 0. The van der Waals surface area contributed by atoms with E-state index in [0.717, 1.165) is 17.1 Å². The van der Waals surface area contributed by atoms with Gasteiger partial charge in [0.15, 0.2) is 0 Å². The zero-order chi connectivity index (χ0) is 19.0. The van der Waals surface area contributed by atoms with E-state index in [1.165, 1.54) is 0 Å². The number of hydrogen-bond donors (Lipinski definition) is 4. The zero-order valence-electron chi connectivity index (χ0n) is 15.0. The fourth-order valence-corrected chi connectivity index (χ4v) is 4.06. The summed E-state index contributed by atoms with van der Waals surface area (Å²) in [5, 5.41) is 12.3. The summed E-state index contributed by atoms with van der Waals surface area (Å²) in [4.78, 5) is 4.19. The van der Waals surface area contributed by atoms with Gasteiger partial charge in [-0.1, -0.05) is 54.6 Å². The quantitative estimate of drug-likeness (QED) is 0.275. The maximum Gasteiger partial charge on any atom is 0.355 e. The van der Waals surface area contributed by atoms with E-state index < -0.39 is 7.59 Å². The van der Waals surface area contributed by atoms with Gasteiger partial charge in [0.1, 0.15) is 0 Å². The predicted octanol–water partition coefficient (Wildman–Crippen LogP) is 5.01. The maximum atomic E-state index is 13.7. The highest BCUT2D eigenvalue weighted by Crippen LogP contribution is 2.41. The Kier molecular flexibility index (Phi) is 6.13. The molecular weight excluding hydrogens is 357 g/mol. The van der Waals surface area contributed by atoms with E-state index >= 15 is 0 Å². The Morgan fingerprint density at radius 3 is 1.52 bits per heavy atom. The van der Waals surface area contributed by atoms with Crippen LogP contribution in [0.5, 0.6) is 0 Å². The number of nitrogens with zero attached hydrogens (tertiary/aromatic N) is 1. The highest BCUT2D eigenvalue weighted by atomic mass is 31.2. The van der Waals surface area contributed by atoms with Gasteiger partial charge in [-0.3, -0.25) is 14.6 Å². The number of guanidine groups is 1. The highest BCUT2D eigenvalue weighted by molar-refractivity contribution is 7.65. The number of benzene rings is 3. The van der Waals surface area contributed by atoms with Crippen molar-refractivity contribution in [2.75, 3.05) is 22.5 Å². The minimum Gasteiger partial charge on any atom is -0.326 e. The standard InChI is InChI=1S/C20H22N5OP/c1-21-20(22-17-11-5-2-6-12-17)25-27(26,23-18-13-7-3-8-14-18)24-19-15-9-4-10-16-19/h2-16H,1H3,(H4,21,22,23,24,25,26). The van der Waals surface area contributed by atoms with Crippen molar-refractivity contribution in [2.45, 2.75) is 0 Å². The molecule has 6 nitrogen and oxygen atoms in total. The van der Waals surface area contributed by atoms with Crippen LogP contribution in [0.4, 0.5) is 17.1 Å². The smallest absolute Gasteiger partial charge is 0.326 e. The number of hydrogen-bond acceptors (Lipinski definition) is 2. The number of para-hydroxylation sites is 3. The Labute approximate surface area is 159 Å². The zero-order valence-corrected chi connectivity index (χ0v) is 15.9. The van der Waals surface area contributed by atoms with Gasteiger partial charge in [-0.15, -0.1) is 0 Å². The fraction of sp³-hybridized carbons (Fsp3) is 0.0500. The molecule has 0 radical (unpaired) electrons. The average Bonchev–Trinajstić information content (AvgIpc) is 2.69. The van der Waals surface area contributed by atoms with Gasteiger partial charge in [0.05, 0.1) is 0 Å². The van der Waals surface area contributed by atoms with Gasteiger partial charge in [-0.2, -0.15) is 0 Å². The number of rotatable bonds is 6. The summed E-state index contributed by atoms with van der Waals surface area (Å²) >= 11 is 0. The Morgan fingerprint density at radius 1 is 0.704 bits per heavy atom. The van der Waals surface area contributed by atoms with Gasteiger partial charge in [0, 0.05) is 24.1 Å². The maximum absolute atomic E-state index is 13.7. The molecule has 3 aromatic carbocycles. The number of nitrogens with one attached hydrogen (secondary N) is 4. The topological polar surface area (TPSA) is 77.5 Å². The van der Waals surface area contributed by atoms with Gasteiger partial charge in [0.2, 0.25) is 5.96 Å². The monoisotopic (exact) mass is 379 g/mol. The molecule has 3 rings (SSSR count). The lowest BCUT2D eigenvalue weighted by molar-refractivity contribution is 0.579. The van der Waals surface area contributed by atoms with E-state index in [-0.39, 0.29) is 0 Å². The lowest BCUT2D eigenvalue weighted by atomic mass is 10.3. The van der Waals surface area contributed by atoms with Crippen molar-refractivity contribution in [1.29, 1.82) is 0 Å². The molecule has 0 amide bonds. The summed E-state index contributed by atoms with van der Waals surface area (Å²) in [5.74, 6) is 0.386. The van der Waals surface area contributed by atoms with Crippen LogP contribution in [-0.4, -0.2) is 13.0 Å². The molecule has 4 N–H and O–H groups in total. The van der Waals surface area contributed by atoms with Crippen LogP contribution >= 0.6 is 7.59 Å². The van der Waals surface area contributed by atoms with E-state index in [1.807, 2.05) is 91.0 Å². The third kappa shape index (κ3) is 5.62. The number of aliphatic imine (C=N–C) groups is 1. The Balaban J connectivity index is 1.83. The van der Waals surface area contributed by atoms with Crippen molar-refractivity contribution in [3.63, 3.8) is 0 Å². The molecule has 27 heavy (non-hydrogen) atoms. The Hall–Kier alpha value is -3.24. The molecule has 3 aromatic rings. The van der Waals surface area contributed by atoms with Crippen molar-refractivity contribution in [3.8, 4) is 0 Å². The molecule has 7 heteroatoms. The predicted molar refractivity (Wildman–Crippen MR) is 114 cm³/mol. The molecule has 0 aromatic heterocycles. The Bertz CT molecular complexity index is 871. The van der Waals surface area contributed by atoms with Gasteiger partial charge in [-0.25, -0.2) is 0 Å². The first-order valence-corrected chi connectivity index (χ1v) is 10.2. The summed E-state index contributed by atoms with van der Waals surface area (Å²) in [6.45, 7) is 0. The molecule has 0 saturated carbocycles. The first-order chi connectivity index (χ1) is 13.2. The molecule has 0 bridgehead atoms. The third-order valence-corrected chi connectivity index (χ3v) is 5.32. The van der Waals surface area contributed by atoms with E-state index in [4.69, 9.17) is 0 Å². The SMILES string of the molecule is CN=C(Nc1ccccc1)NP(=O)(Nc1ccccc1)Nc1ccccc1. The fourth-order valence-electron chi connectivity index (χ4n) is 2.41. The van der Waals surface area contributed by atoms with Crippen molar-refractivity contribution < 1.29 is 4.57 Å². The molecule has 0 unspecified atom stereocenters. The summed E-state index contributed by atoms with van der Waals surface area (Å²) in [7, 11) is -1.68. The molecule has 0 heterocycles. The molecule has 0 aliphatic heterocycles. The van der Waals surface area contributed by atoms with Gasteiger partial charge < -0.3 is 15.5 Å². The van der Waals surface area contributed by atoms with Crippen LogP contribution in [0.15, 0.2) is 96.0 Å². The normalized spacial score (nSPS) is 11.5. The van der Waals surface area contributed by atoms with Gasteiger partial charge >= 0.3 is 7.59 Å². The van der Waals surface area contributed by atoms with Crippen LogP contribution in [0.25, 0.3) is 0 Å². The summed E-state index contributed by atoms with van der Waals surface area (Å²) in [6, 6.07) is 28.3. The van der Waals surface area contributed by atoms with E-state index in [2.05, 4.69) is 25.6 Å². The van der Waals surface area contributed by atoms with E-state index in [9.17, 15) is 4.57 Å². The molecule has 0 spiro atoms. The first-order valence-electron chi connectivity index (χ1n) is 8.51. The minimum atomic E-state index is -3.32. The molecule has 0 fully saturated rings. The Morgan fingerprint density at radius 2 is 1.11 bits per heavy atom. The summed E-state index contributed by atoms with van der Waals surface area (Å²) in [5.41, 5.74) is 2.30. The second-order valence-electron chi connectivity index (χ2n) is 5.74. The van der Waals surface area contributed by atoms with Crippen LogP contribution in [0.1, 0.15) is 0 Å². The molecule has 0 aliphatic carbocycles. The summed E-state index contributed by atoms with van der Waals surface area (Å²) < 4.78 is 13.7. The average molecular weight is 379 g/mol. The lowest BCUT2D eigenvalue weighted by Crippen LogP contribution is -2.33. The lowest BCUT2D eigenvalue weighted by Gasteiger charge is -2.25. The van der Waals surface area contributed by atoms with Crippen molar-refractivity contribution >= 4 is 30.6 Å². The van der Waals surface area contributed by atoms with Gasteiger partial charge in [0.25, 0.3) is 0 Å². The van der Waals surface area contributed by atoms with Crippen LogP contribution in [-0.2, 0) is 4.57 Å². The van der Waals surface area contributed by atoms with Crippen molar-refractivity contribution in [1.82, 2.24) is 5.09 Å². The van der Waals surface area contributed by atoms with E-state index in [0.29, 0.717) is 5.96 Å². The second-order valence-corrected chi connectivity index (χ2v) is 7.63. The molecular formula is C20H22N5OP. The largest absolute Gasteiger partial charge is 0.355 e.